The van der Waals surface area contributed by atoms with E-state index in [-0.39, 0.29) is 30.6 Å². The SMILES string of the molecule is CNC(c1ccc(F)cc1)C1CCC(C(F)(F)F)CC1. The normalized spacial score (nSPS) is 25.4. The molecule has 1 atom stereocenters. The van der Waals surface area contributed by atoms with Crippen LogP contribution in [-0.2, 0) is 0 Å². The molecule has 0 aliphatic heterocycles. The minimum Gasteiger partial charge on any atom is -0.313 e. The van der Waals surface area contributed by atoms with Gasteiger partial charge in [-0.05, 0) is 56.3 Å². The van der Waals surface area contributed by atoms with Crippen molar-refractivity contribution in [3.63, 3.8) is 0 Å². The van der Waals surface area contributed by atoms with Gasteiger partial charge in [0.2, 0.25) is 0 Å². The molecular weight excluding hydrogens is 270 g/mol. The highest BCUT2D eigenvalue weighted by molar-refractivity contribution is 5.20. The summed E-state index contributed by atoms with van der Waals surface area (Å²) in [4.78, 5) is 0. The molecule has 0 saturated heterocycles. The van der Waals surface area contributed by atoms with Gasteiger partial charge in [-0.15, -0.1) is 0 Å². The Bertz CT molecular complexity index is 418. The lowest BCUT2D eigenvalue weighted by molar-refractivity contribution is -0.184. The Morgan fingerprint density at radius 1 is 1.05 bits per heavy atom. The van der Waals surface area contributed by atoms with Gasteiger partial charge >= 0.3 is 6.18 Å². The Morgan fingerprint density at radius 3 is 2.05 bits per heavy atom. The highest BCUT2D eigenvalue weighted by Crippen LogP contribution is 2.43. The zero-order valence-corrected chi connectivity index (χ0v) is 11.4. The lowest BCUT2D eigenvalue weighted by atomic mass is 9.76. The standard InChI is InChI=1S/C15H19F4N/c1-20-14(11-4-8-13(16)9-5-11)10-2-6-12(7-3-10)15(17,18)19/h4-5,8-10,12,14,20H,2-3,6-7H2,1H3. The summed E-state index contributed by atoms with van der Waals surface area (Å²) in [7, 11) is 1.80. The molecule has 0 radical (unpaired) electrons. The van der Waals surface area contributed by atoms with Gasteiger partial charge < -0.3 is 5.32 Å². The number of halogens is 4. The predicted octanol–water partition coefficient (Wildman–Crippen LogP) is 4.45. The van der Waals surface area contributed by atoms with Crippen LogP contribution in [0.25, 0.3) is 0 Å². The van der Waals surface area contributed by atoms with Crippen LogP contribution in [0.1, 0.15) is 37.3 Å². The van der Waals surface area contributed by atoms with E-state index in [1.807, 2.05) is 0 Å². The van der Waals surface area contributed by atoms with E-state index in [0.717, 1.165) is 5.56 Å². The highest BCUT2D eigenvalue weighted by Gasteiger charge is 2.42. The number of rotatable bonds is 3. The second-order valence-electron chi connectivity index (χ2n) is 5.47. The van der Waals surface area contributed by atoms with Crippen molar-refractivity contribution < 1.29 is 17.6 Å². The molecule has 1 fully saturated rings. The summed E-state index contributed by atoms with van der Waals surface area (Å²) in [5.41, 5.74) is 0.935. The van der Waals surface area contributed by atoms with E-state index in [1.165, 1.54) is 12.1 Å². The lowest BCUT2D eigenvalue weighted by Gasteiger charge is -2.34. The average molecular weight is 289 g/mol. The third-order valence-corrected chi connectivity index (χ3v) is 4.25. The van der Waals surface area contributed by atoms with Crippen LogP contribution < -0.4 is 5.32 Å². The van der Waals surface area contributed by atoms with Crippen molar-refractivity contribution in [1.82, 2.24) is 5.32 Å². The predicted molar refractivity (Wildman–Crippen MR) is 69.7 cm³/mol. The maximum atomic E-state index is 12.9. The first-order chi connectivity index (χ1) is 9.41. The number of hydrogen-bond acceptors (Lipinski definition) is 1. The highest BCUT2D eigenvalue weighted by atomic mass is 19.4. The average Bonchev–Trinajstić information content (AvgIpc) is 2.41. The van der Waals surface area contributed by atoms with Crippen LogP contribution in [0.2, 0.25) is 0 Å². The van der Waals surface area contributed by atoms with Crippen molar-refractivity contribution in [3.8, 4) is 0 Å². The molecule has 5 heteroatoms. The molecule has 1 nitrogen and oxygen atoms in total. The topological polar surface area (TPSA) is 12.0 Å². The number of nitrogens with one attached hydrogen (secondary N) is 1. The summed E-state index contributed by atoms with van der Waals surface area (Å²) >= 11 is 0. The Hall–Kier alpha value is -1.10. The van der Waals surface area contributed by atoms with Crippen molar-refractivity contribution in [2.24, 2.45) is 11.8 Å². The van der Waals surface area contributed by atoms with Crippen LogP contribution in [0.3, 0.4) is 0 Å². The zero-order valence-electron chi connectivity index (χ0n) is 11.4. The van der Waals surface area contributed by atoms with Crippen molar-refractivity contribution in [1.29, 1.82) is 0 Å². The van der Waals surface area contributed by atoms with Gasteiger partial charge in [-0.25, -0.2) is 4.39 Å². The van der Waals surface area contributed by atoms with Gasteiger partial charge in [0.1, 0.15) is 5.82 Å². The fraction of sp³-hybridized carbons (Fsp3) is 0.600. The van der Waals surface area contributed by atoms with Gasteiger partial charge in [0.25, 0.3) is 0 Å². The van der Waals surface area contributed by atoms with Gasteiger partial charge in [0, 0.05) is 6.04 Å². The van der Waals surface area contributed by atoms with Gasteiger partial charge in [0.15, 0.2) is 0 Å². The first-order valence-corrected chi connectivity index (χ1v) is 6.91. The number of alkyl halides is 3. The van der Waals surface area contributed by atoms with E-state index >= 15 is 0 Å². The molecular formula is C15H19F4N. The second kappa shape index (κ2) is 6.12. The molecule has 0 aromatic heterocycles. The van der Waals surface area contributed by atoms with Crippen LogP contribution in [0.5, 0.6) is 0 Å². The smallest absolute Gasteiger partial charge is 0.313 e. The first kappa shape index (κ1) is 15.3. The molecule has 1 aliphatic rings. The molecule has 20 heavy (non-hydrogen) atoms. The van der Waals surface area contributed by atoms with Crippen LogP contribution in [0, 0.1) is 17.7 Å². The van der Waals surface area contributed by atoms with E-state index in [1.54, 1.807) is 19.2 Å². The molecule has 1 aromatic carbocycles. The Morgan fingerprint density at radius 2 is 1.60 bits per heavy atom. The largest absolute Gasteiger partial charge is 0.391 e. The fourth-order valence-corrected chi connectivity index (χ4v) is 3.12. The minimum atomic E-state index is -4.07. The molecule has 1 N–H and O–H groups in total. The molecule has 1 unspecified atom stereocenters. The number of benzene rings is 1. The quantitative estimate of drug-likeness (QED) is 0.810. The maximum Gasteiger partial charge on any atom is 0.391 e. The van der Waals surface area contributed by atoms with Crippen LogP contribution in [-0.4, -0.2) is 13.2 Å². The third kappa shape index (κ3) is 3.51. The molecule has 0 heterocycles. The number of hydrogen-bond donors (Lipinski definition) is 1. The van der Waals surface area contributed by atoms with Crippen LogP contribution in [0.15, 0.2) is 24.3 Å². The zero-order chi connectivity index (χ0) is 14.8. The van der Waals surface area contributed by atoms with Crippen LogP contribution in [0.4, 0.5) is 17.6 Å². The van der Waals surface area contributed by atoms with Crippen LogP contribution >= 0.6 is 0 Å². The molecule has 1 aliphatic carbocycles. The lowest BCUT2D eigenvalue weighted by Crippen LogP contribution is -2.33. The summed E-state index contributed by atoms with van der Waals surface area (Å²) in [5, 5.41) is 3.16. The van der Waals surface area contributed by atoms with E-state index < -0.39 is 12.1 Å². The van der Waals surface area contributed by atoms with Crippen molar-refractivity contribution >= 4 is 0 Å². The van der Waals surface area contributed by atoms with Crippen molar-refractivity contribution in [3.05, 3.63) is 35.6 Å². The van der Waals surface area contributed by atoms with E-state index in [2.05, 4.69) is 5.32 Å². The molecule has 0 amide bonds. The molecule has 0 bridgehead atoms. The Labute approximate surface area is 116 Å². The maximum absolute atomic E-state index is 12.9. The Kier molecular flexibility index (Phi) is 4.68. The molecule has 112 valence electrons. The van der Waals surface area contributed by atoms with Gasteiger partial charge in [-0.1, -0.05) is 12.1 Å². The van der Waals surface area contributed by atoms with E-state index in [4.69, 9.17) is 0 Å². The van der Waals surface area contributed by atoms with Gasteiger partial charge in [0.05, 0.1) is 5.92 Å². The fourth-order valence-electron chi connectivity index (χ4n) is 3.12. The third-order valence-electron chi connectivity index (χ3n) is 4.25. The van der Waals surface area contributed by atoms with E-state index in [9.17, 15) is 17.6 Å². The van der Waals surface area contributed by atoms with E-state index in [0.29, 0.717) is 12.8 Å². The van der Waals surface area contributed by atoms with Gasteiger partial charge in [-0.2, -0.15) is 13.2 Å². The summed E-state index contributed by atoms with van der Waals surface area (Å²) in [6, 6.07) is 6.17. The van der Waals surface area contributed by atoms with Crippen molar-refractivity contribution in [2.75, 3.05) is 7.05 Å². The molecule has 1 saturated carbocycles. The molecule has 2 rings (SSSR count). The Balaban J connectivity index is 2.02. The van der Waals surface area contributed by atoms with Crippen molar-refractivity contribution in [2.45, 2.75) is 37.9 Å². The minimum absolute atomic E-state index is 0.00946. The summed E-state index contributed by atoms with van der Waals surface area (Å²) in [6.45, 7) is 0. The summed E-state index contributed by atoms with van der Waals surface area (Å²) in [5.74, 6) is -1.29. The monoisotopic (exact) mass is 289 g/mol. The molecule has 1 aromatic rings. The van der Waals surface area contributed by atoms with Gasteiger partial charge in [-0.3, -0.25) is 0 Å². The summed E-state index contributed by atoms with van der Waals surface area (Å²) in [6.07, 6.45) is -2.60. The first-order valence-electron chi connectivity index (χ1n) is 6.91. The summed E-state index contributed by atoms with van der Waals surface area (Å²) < 4.78 is 50.9. The second-order valence-corrected chi connectivity index (χ2v) is 5.47. The molecule has 0 spiro atoms.